The Hall–Kier alpha value is -4.25. The fraction of sp³-hybridized carbons (Fsp3) is 0.740. The molecule has 0 aromatic carbocycles. The highest BCUT2D eigenvalue weighted by atomic mass is 16.5. The summed E-state index contributed by atoms with van der Waals surface area (Å²) in [7, 11) is 0. The first-order valence-electron chi connectivity index (χ1n) is 23.6. The lowest BCUT2D eigenvalue weighted by atomic mass is 9.34. The van der Waals surface area contributed by atoms with Crippen molar-refractivity contribution in [3.8, 4) is 11.4 Å². The number of carboxylic acids is 4. The maximum absolute atomic E-state index is 13.6. The highest BCUT2D eigenvalue weighted by Crippen LogP contribution is 2.75. The third-order valence-corrected chi connectivity index (χ3v) is 18.5. The van der Waals surface area contributed by atoms with Gasteiger partial charge in [-0.1, -0.05) is 80.9 Å². The minimum Gasteiger partial charge on any atom is -0.481 e. The second kappa shape index (κ2) is 17.7. The van der Waals surface area contributed by atoms with E-state index in [2.05, 4.69) is 91.9 Å². The van der Waals surface area contributed by atoms with Crippen LogP contribution in [0.15, 0.2) is 42.5 Å². The maximum atomic E-state index is 13.6. The first-order chi connectivity index (χ1) is 30.5. The monoisotopic (exact) mass is 922 g/mol. The minimum absolute atomic E-state index is 0.115. The number of aliphatic carboxylic acids is 4. The topological polar surface area (TPSA) is 258 Å². The Morgan fingerprint density at radius 1 is 0.924 bits per heavy atom. The van der Waals surface area contributed by atoms with Crippen LogP contribution >= 0.6 is 0 Å². The van der Waals surface area contributed by atoms with E-state index in [1.807, 2.05) is 24.5 Å². The summed E-state index contributed by atoms with van der Waals surface area (Å²) < 4.78 is 16.1. The van der Waals surface area contributed by atoms with Gasteiger partial charge in [0, 0.05) is 34.3 Å². The van der Waals surface area contributed by atoms with Gasteiger partial charge in [-0.2, -0.15) is 5.10 Å². The summed E-state index contributed by atoms with van der Waals surface area (Å²) in [6.45, 7) is 26.6. The maximum Gasteiger partial charge on any atom is 0.336 e. The number of aliphatic hydroxyl groups is 1. The van der Waals surface area contributed by atoms with Crippen LogP contribution < -0.4 is 5.73 Å². The molecule has 16 nitrogen and oxygen atoms in total. The normalized spacial score (nSPS) is 35.4. The molecule has 3 saturated carbocycles. The number of pyridine rings is 1. The van der Waals surface area contributed by atoms with Gasteiger partial charge < -0.3 is 40.7 Å². The number of carbonyl (C=O) groups is 4. The van der Waals surface area contributed by atoms with Crippen molar-refractivity contribution in [2.24, 2.45) is 67.8 Å². The molecule has 1 saturated heterocycles. The molecule has 0 amide bonds. The van der Waals surface area contributed by atoms with Crippen molar-refractivity contribution >= 4 is 23.9 Å². The number of nitrogens with two attached hydrogens (primary N) is 1. The number of allylic oxidation sites excluding steroid dienone is 1. The van der Waals surface area contributed by atoms with E-state index in [4.69, 9.17) is 45.7 Å². The van der Waals surface area contributed by atoms with Crippen LogP contribution in [0.1, 0.15) is 134 Å². The van der Waals surface area contributed by atoms with Crippen LogP contribution in [0.3, 0.4) is 0 Å². The SMILES string of the molecule is CC(C)[C@@H](C)[C@@]1(C)CC[C@]2(C)[C@H]3CC[C@@H]4[C@@]5(COC[C@@]4(C)[C@@H](OC[C@](C)(N)C(C)(C)C)[C@H](n4ncnc4-c4ccncc4)C5)C3=CC[C@@]2(C)[C@@H]1C(=O)O.O=C(O)CC(O)(CC(=O)O)C(=O)O. The Bertz CT molecular complexity index is 2170. The summed E-state index contributed by atoms with van der Waals surface area (Å²) in [5.41, 5.74) is 4.70. The van der Waals surface area contributed by atoms with E-state index in [1.165, 1.54) is 5.57 Å². The molecule has 2 aromatic rings. The number of ether oxygens (including phenoxy) is 2. The molecular formula is C50H75N5O11. The quantitative estimate of drug-likeness (QED) is 0.107. The summed E-state index contributed by atoms with van der Waals surface area (Å²) in [5, 5.41) is 49.9. The molecule has 2 bridgehead atoms. The van der Waals surface area contributed by atoms with Gasteiger partial charge >= 0.3 is 23.9 Å². The average Bonchev–Trinajstić information content (AvgIpc) is 3.70. The van der Waals surface area contributed by atoms with Crippen LogP contribution in [0.2, 0.25) is 0 Å². The van der Waals surface area contributed by atoms with E-state index in [9.17, 15) is 24.3 Å². The second-order valence-corrected chi connectivity index (χ2v) is 23.3. The van der Waals surface area contributed by atoms with Gasteiger partial charge in [-0.25, -0.2) is 14.5 Å². The number of hydrogen-bond donors (Lipinski definition) is 6. The number of aromatic nitrogens is 4. The summed E-state index contributed by atoms with van der Waals surface area (Å²) in [6, 6.07) is 3.89. The molecule has 2 aromatic heterocycles. The van der Waals surface area contributed by atoms with E-state index < -0.39 is 53.8 Å². The molecule has 12 atom stereocenters. The summed E-state index contributed by atoms with van der Waals surface area (Å²) in [4.78, 5) is 53.2. The molecular weight excluding hydrogens is 847 g/mol. The predicted molar refractivity (Wildman–Crippen MR) is 245 cm³/mol. The van der Waals surface area contributed by atoms with Gasteiger partial charge in [-0.05, 0) is 103 Å². The van der Waals surface area contributed by atoms with Crippen LogP contribution in [0.25, 0.3) is 11.4 Å². The van der Waals surface area contributed by atoms with Crippen molar-refractivity contribution in [1.82, 2.24) is 19.7 Å². The molecule has 7 N–H and O–H groups in total. The Morgan fingerprint density at radius 2 is 1.55 bits per heavy atom. The highest BCUT2D eigenvalue weighted by molar-refractivity contribution is 5.88. The zero-order valence-corrected chi connectivity index (χ0v) is 40.8. The van der Waals surface area contributed by atoms with Crippen LogP contribution in [0.5, 0.6) is 0 Å². The molecule has 3 heterocycles. The highest BCUT2D eigenvalue weighted by Gasteiger charge is 2.72. The van der Waals surface area contributed by atoms with Crippen LogP contribution in [0, 0.1) is 62.1 Å². The molecule has 0 unspecified atom stereocenters. The van der Waals surface area contributed by atoms with Crippen molar-refractivity contribution < 1.29 is 54.2 Å². The van der Waals surface area contributed by atoms with Gasteiger partial charge in [0.2, 0.25) is 0 Å². The molecule has 0 radical (unpaired) electrons. The lowest BCUT2D eigenvalue weighted by molar-refractivity contribution is -0.253. The lowest BCUT2D eigenvalue weighted by Crippen LogP contribution is -2.69. The van der Waals surface area contributed by atoms with Crippen LogP contribution in [-0.2, 0) is 28.7 Å². The van der Waals surface area contributed by atoms with Crippen molar-refractivity contribution in [1.29, 1.82) is 0 Å². The molecule has 4 fully saturated rings. The van der Waals surface area contributed by atoms with Crippen molar-refractivity contribution in [2.45, 2.75) is 151 Å². The largest absolute Gasteiger partial charge is 0.481 e. The molecule has 7 rings (SSSR count). The van der Waals surface area contributed by atoms with E-state index in [-0.39, 0.29) is 50.6 Å². The van der Waals surface area contributed by atoms with Crippen LogP contribution in [0.4, 0.5) is 0 Å². The zero-order valence-electron chi connectivity index (χ0n) is 40.8. The van der Waals surface area contributed by atoms with Gasteiger partial charge in [-0.3, -0.25) is 19.4 Å². The Kier molecular flexibility index (Phi) is 13.7. The molecule has 1 aliphatic heterocycles. The third kappa shape index (κ3) is 8.39. The number of hydrogen-bond acceptors (Lipinski definition) is 11. The van der Waals surface area contributed by atoms with E-state index in [1.54, 1.807) is 6.33 Å². The minimum atomic E-state index is -2.74. The van der Waals surface area contributed by atoms with Gasteiger partial charge in [0.25, 0.3) is 0 Å². The Labute approximate surface area is 389 Å². The Morgan fingerprint density at radius 3 is 2.09 bits per heavy atom. The summed E-state index contributed by atoms with van der Waals surface area (Å²) in [5.74, 6) is -3.90. The van der Waals surface area contributed by atoms with Gasteiger partial charge in [0.1, 0.15) is 6.33 Å². The molecule has 16 heteroatoms. The van der Waals surface area contributed by atoms with Gasteiger partial charge in [0.15, 0.2) is 11.4 Å². The zero-order chi connectivity index (χ0) is 49.2. The Balaban J connectivity index is 0.000000483. The van der Waals surface area contributed by atoms with E-state index >= 15 is 0 Å². The van der Waals surface area contributed by atoms with Gasteiger partial charge in [-0.15, -0.1) is 0 Å². The van der Waals surface area contributed by atoms with E-state index in [0.717, 1.165) is 49.9 Å². The van der Waals surface area contributed by atoms with E-state index in [0.29, 0.717) is 37.6 Å². The van der Waals surface area contributed by atoms with Crippen molar-refractivity contribution in [3.05, 3.63) is 42.5 Å². The third-order valence-electron chi connectivity index (χ3n) is 18.5. The second-order valence-electron chi connectivity index (χ2n) is 23.3. The number of nitrogens with zero attached hydrogens (tertiary/aromatic N) is 4. The average molecular weight is 922 g/mol. The standard InChI is InChI=1S/C44H67N5O4.C6H8O7/c1-27(2)28(3)39(7)18-19-41(9)30-12-13-33-40(8)23-52-25-44(33,31(30)14-17-42(41,10)34(39)37(50)51)22-32(35(40)53-24-43(11,45)38(4,5)6)49-36(47-26-48-49)29-15-20-46-21-16-29;7-3(8)1-6(13,5(11)12)2-4(9)10/h14-16,20-21,26-28,30,32-35H,12-13,17-19,22-25,45H2,1-11H3,(H,50,51);13H,1-2H2,(H,7,8)(H,9,10)(H,11,12)/t28-,30+,32-,33+,34-,35+,39-,40-,41-,42+,43+,44+;/m1./s1. The summed E-state index contributed by atoms with van der Waals surface area (Å²) >= 11 is 0. The number of carboxylic acid groups (broad SMARTS) is 4. The fourth-order valence-electron chi connectivity index (χ4n) is 13.5. The first kappa shape index (κ1) is 51.1. The smallest absolute Gasteiger partial charge is 0.336 e. The first-order valence-corrected chi connectivity index (χ1v) is 23.6. The lowest BCUT2D eigenvalue weighted by Gasteiger charge is -2.71. The number of fused-ring (bicyclic) bond motifs is 3. The molecule has 0 spiro atoms. The molecule has 4 aliphatic carbocycles. The predicted octanol–water partition coefficient (Wildman–Crippen LogP) is 7.37. The molecule has 66 heavy (non-hydrogen) atoms. The van der Waals surface area contributed by atoms with Crippen molar-refractivity contribution in [3.63, 3.8) is 0 Å². The summed E-state index contributed by atoms with van der Waals surface area (Å²) in [6.07, 6.45) is 11.0. The fourth-order valence-corrected chi connectivity index (χ4v) is 13.5. The molecule has 366 valence electrons. The van der Waals surface area contributed by atoms with Gasteiger partial charge in [0.05, 0.1) is 50.7 Å². The molecule has 5 aliphatic rings. The number of rotatable bonds is 13. The van der Waals surface area contributed by atoms with Crippen molar-refractivity contribution in [2.75, 3.05) is 19.8 Å². The van der Waals surface area contributed by atoms with Crippen LogP contribution in [-0.4, -0.2) is 106 Å².